The van der Waals surface area contributed by atoms with Crippen LogP contribution in [0, 0.1) is 10.8 Å². The van der Waals surface area contributed by atoms with Gasteiger partial charge in [-0.3, -0.25) is 4.79 Å². The molecule has 0 saturated carbocycles. The molecule has 0 aliphatic carbocycles. The highest BCUT2D eigenvalue weighted by molar-refractivity contribution is 7.81. The number of hydrogen-bond donors (Lipinski definition) is 1. The van der Waals surface area contributed by atoms with Gasteiger partial charge in [-0.15, -0.1) is 0 Å². The lowest BCUT2D eigenvalue weighted by molar-refractivity contribution is -0.199. The van der Waals surface area contributed by atoms with Crippen molar-refractivity contribution in [2.75, 3.05) is 5.75 Å². The lowest BCUT2D eigenvalue weighted by Crippen LogP contribution is -2.53. The number of esters is 1. The van der Waals surface area contributed by atoms with E-state index >= 15 is 0 Å². The summed E-state index contributed by atoms with van der Waals surface area (Å²) in [5.74, 6) is -0.206. The Morgan fingerprint density at radius 3 is 1.80 bits per heavy atom. The van der Waals surface area contributed by atoms with Crippen LogP contribution < -0.4 is 0 Å². The fourth-order valence-electron chi connectivity index (χ4n) is 3.23. The van der Waals surface area contributed by atoms with Gasteiger partial charge in [0.25, 0.3) is 0 Å². The minimum atomic E-state index is -0.707. The van der Waals surface area contributed by atoms with Crippen LogP contribution in [-0.2, 0) is 15.1 Å². The Hall–Kier alpha value is -0.960. The normalized spacial score (nSPS) is 13.2. The molecule has 0 amide bonds. The zero-order valence-corrected chi connectivity index (χ0v) is 14.3. The van der Waals surface area contributed by atoms with Crippen LogP contribution in [-0.4, -0.2) is 11.7 Å². The molecule has 3 heteroatoms. The third-order valence-electron chi connectivity index (χ3n) is 3.69. The SMILES string of the molecule is CC(C)(C)C(OC(=O)CS)(c1ccccc1)C(C)(C)C. The van der Waals surface area contributed by atoms with Gasteiger partial charge in [-0.1, -0.05) is 71.9 Å². The Kier molecular flexibility index (Phi) is 4.96. The van der Waals surface area contributed by atoms with E-state index in [2.05, 4.69) is 54.2 Å². The van der Waals surface area contributed by atoms with Crippen molar-refractivity contribution in [3.63, 3.8) is 0 Å². The molecule has 20 heavy (non-hydrogen) atoms. The molecule has 112 valence electrons. The molecule has 2 nitrogen and oxygen atoms in total. The van der Waals surface area contributed by atoms with Crippen molar-refractivity contribution in [3.8, 4) is 0 Å². The monoisotopic (exact) mass is 294 g/mol. The predicted molar refractivity (Wildman–Crippen MR) is 87.0 cm³/mol. The van der Waals surface area contributed by atoms with Crippen LogP contribution in [0.2, 0.25) is 0 Å². The molecule has 0 bridgehead atoms. The second kappa shape index (κ2) is 5.80. The number of carbonyl (C=O) groups is 1. The topological polar surface area (TPSA) is 26.3 Å². The number of rotatable bonds is 3. The lowest BCUT2D eigenvalue weighted by Gasteiger charge is -2.52. The van der Waals surface area contributed by atoms with Crippen LogP contribution in [0.5, 0.6) is 0 Å². The van der Waals surface area contributed by atoms with Crippen molar-refractivity contribution >= 4 is 18.6 Å². The van der Waals surface area contributed by atoms with Crippen molar-refractivity contribution < 1.29 is 9.53 Å². The van der Waals surface area contributed by atoms with E-state index in [1.165, 1.54) is 0 Å². The quantitative estimate of drug-likeness (QED) is 0.658. The Labute approximate surface area is 128 Å². The van der Waals surface area contributed by atoms with Crippen molar-refractivity contribution in [2.24, 2.45) is 10.8 Å². The summed E-state index contributed by atoms with van der Waals surface area (Å²) in [6, 6.07) is 10.00. The molecule has 0 heterocycles. The molecule has 1 aromatic carbocycles. The Bertz CT molecular complexity index is 438. The summed E-state index contributed by atoms with van der Waals surface area (Å²) in [6.07, 6.45) is 0. The summed E-state index contributed by atoms with van der Waals surface area (Å²) in [6.45, 7) is 12.6. The minimum absolute atomic E-state index is 0.0841. The molecule has 0 aromatic heterocycles. The first kappa shape index (κ1) is 17.1. The highest BCUT2D eigenvalue weighted by atomic mass is 32.1. The molecule has 0 saturated heterocycles. The summed E-state index contributed by atoms with van der Waals surface area (Å²) in [5, 5.41) is 0. The van der Waals surface area contributed by atoms with Gasteiger partial charge in [-0.25, -0.2) is 0 Å². The molecule has 0 aliphatic heterocycles. The standard InChI is InChI=1S/C17H26O2S/c1-15(2,3)17(16(4,5)6,19-14(18)12-20)13-10-8-7-9-11-13/h7-11,20H,12H2,1-6H3. The molecular formula is C17H26O2S. The predicted octanol–water partition coefficient (Wildman–Crippen LogP) is 4.45. The summed E-state index contributed by atoms with van der Waals surface area (Å²) >= 11 is 4.06. The van der Waals surface area contributed by atoms with Gasteiger partial charge in [0.1, 0.15) is 5.60 Å². The third-order valence-corrected chi connectivity index (χ3v) is 3.95. The van der Waals surface area contributed by atoms with Crippen LogP contribution >= 0.6 is 12.6 Å². The fourth-order valence-corrected chi connectivity index (χ4v) is 3.30. The van der Waals surface area contributed by atoms with Crippen molar-refractivity contribution in [3.05, 3.63) is 35.9 Å². The number of benzene rings is 1. The fraction of sp³-hybridized carbons (Fsp3) is 0.588. The van der Waals surface area contributed by atoms with Crippen LogP contribution in [0.1, 0.15) is 47.1 Å². The van der Waals surface area contributed by atoms with E-state index in [1.54, 1.807) is 0 Å². The van der Waals surface area contributed by atoms with Gasteiger partial charge in [0.15, 0.2) is 0 Å². The highest BCUT2D eigenvalue weighted by Crippen LogP contribution is 2.54. The maximum absolute atomic E-state index is 12.0. The summed E-state index contributed by atoms with van der Waals surface area (Å²) in [4.78, 5) is 12.0. The van der Waals surface area contributed by atoms with Crippen molar-refractivity contribution in [1.82, 2.24) is 0 Å². The molecule has 0 unspecified atom stereocenters. The molecule has 0 radical (unpaired) electrons. The van der Waals surface area contributed by atoms with Gasteiger partial charge in [0, 0.05) is 10.8 Å². The van der Waals surface area contributed by atoms with E-state index in [9.17, 15) is 4.79 Å². The lowest BCUT2D eigenvalue weighted by atomic mass is 9.59. The van der Waals surface area contributed by atoms with E-state index in [4.69, 9.17) is 4.74 Å². The molecular weight excluding hydrogens is 268 g/mol. The van der Waals surface area contributed by atoms with Crippen LogP contribution in [0.3, 0.4) is 0 Å². The van der Waals surface area contributed by atoms with Crippen LogP contribution in [0.15, 0.2) is 30.3 Å². The van der Waals surface area contributed by atoms with Crippen LogP contribution in [0.25, 0.3) is 0 Å². The molecule has 0 atom stereocenters. The Morgan fingerprint density at radius 1 is 1.00 bits per heavy atom. The summed E-state index contributed by atoms with van der Waals surface area (Å²) in [7, 11) is 0. The average molecular weight is 294 g/mol. The zero-order valence-electron chi connectivity index (χ0n) is 13.4. The molecule has 0 spiro atoms. The van der Waals surface area contributed by atoms with E-state index in [0.717, 1.165) is 5.56 Å². The van der Waals surface area contributed by atoms with E-state index in [-0.39, 0.29) is 22.6 Å². The smallest absolute Gasteiger partial charge is 0.316 e. The first-order valence-electron chi connectivity index (χ1n) is 6.94. The largest absolute Gasteiger partial charge is 0.452 e. The van der Waals surface area contributed by atoms with E-state index in [0.29, 0.717) is 0 Å². The molecule has 0 fully saturated rings. The molecule has 1 rings (SSSR count). The van der Waals surface area contributed by atoms with Crippen LogP contribution in [0.4, 0.5) is 0 Å². The van der Waals surface area contributed by atoms with Gasteiger partial charge in [0.05, 0.1) is 5.75 Å². The van der Waals surface area contributed by atoms with Gasteiger partial charge in [0.2, 0.25) is 0 Å². The first-order valence-corrected chi connectivity index (χ1v) is 7.58. The number of hydrogen-bond acceptors (Lipinski definition) is 3. The first-order chi connectivity index (χ1) is 9.06. The molecule has 0 N–H and O–H groups in total. The number of thiol groups is 1. The van der Waals surface area contributed by atoms with E-state index in [1.807, 2.05) is 30.3 Å². The van der Waals surface area contributed by atoms with Gasteiger partial charge >= 0.3 is 5.97 Å². The minimum Gasteiger partial charge on any atom is -0.452 e. The Morgan fingerprint density at radius 2 is 1.45 bits per heavy atom. The Balaban J connectivity index is 3.56. The van der Waals surface area contributed by atoms with Crippen molar-refractivity contribution in [1.29, 1.82) is 0 Å². The van der Waals surface area contributed by atoms with Gasteiger partial charge in [-0.2, -0.15) is 12.6 Å². The zero-order chi connectivity index (χ0) is 15.6. The highest BCUT2D eigenvalue weighted by Gasteiger charge is 2.55. The number of ether oxygens (including phenoxy) is 1. The molecule has 0 aliphatic rings. The average Bonchev–Trinajstić information content (AvgIpc) is 2.33. The van der Waals surface area contributed by atoms with Gasteiger partial charge in [-0.05, 0) is 5.56 Å². The van der Waals surface area contributed by atoms with Crippen molar-refractivity contribution in [2.45, 2.75) is 47.1 Å². The molecule has 1 aromatic rings. The third kappa shape index (κ3) is 3.03. The van der Waals surface area contributed by atoms with E-state index < -0.39 is 5.60 Å². The maximum atomic E-state index is 12.0. The second-order valence-corrected chi connectivity index (χ2v) is 7.50. The second-order valence-electron chi connectivity index (χ2n) is 7.18. The summed E-state index contributed by atoms with van der Waals surface area (Å²) < 4.78 is 5.99. The number of carbonyl (C=O) groups excluding carboxylic acids is 1. The van der Waals surface area contributed by atoms with Gasteiger partial charge < -0.3 is 4.74 Å². The maximum Gasteiger partial charge on any atom is 0.316 e. The summed E-state index contributed by atoms with van der Waals surface area (Å²) in [5.41, 5.74) is -0.174.